The Bertz CT molecular complexity index is 448. The summed E-state index contributed by atoms with van der Waals surface area (Å²) in [6, 6.07) is 1.81. The quantitative estimate of drug-likeness (QED) is 0.522. The summed E-state index contributed by atoms with van der Waals surface area (Å²) in [5.74, 6) is -0.0756. The Morgan fingerprint density at radius 1 is 1.59 bits per heavy atom. The van der Waals surface area contributed by atoms with E-state index in [1.165, 1.54) is 12.5 Å². The van der Waals surface area contributed by atoms with Gasteiger partial charge in [-0.3, -0.25) is 4.79 Å². The van der Waals surface area contributed by atoms with Gasteiger partial charge < -0.3 is 10.6 Å². The predicted molar refractivity (Wildman–Crippen MR) is 61.6 cm³/mol. The number of nitrogens with one attached hydrogen (secondary N) is 3. The number of hydrogen-bond donors (Lipinski definition) is 3. The predicted octanol–water partition coefficient (Wildman–Crippen LogP) is 0.539. The third-order valence-electron chi connectivity index (χ3n) is 1.62. The van der Waals surface area contributed by atoms with Crippen LogP contribution in [0.5, 0.6) is 0 Å². The minimum absolute atomic E-state index is 0.0312. The van der Waals surface area contributed by atoms with Gasteiger partial charge in [-0.2, -0.15) is 15.3 Å². The van der Waals surface area contributed by atoms with E-state index in [1.54, 1.807) is 0 Å². The summed E-state index contributed by atoms with van der Waals surface area (Å²) >= 11 is 0. The number of nitriles is 1. The first-order valence-electron chi connectivity index (χ1n) is 4.97. The van der Waals surface area contributed by atoms with Crippen molar-refractivity contribution in [2.24, 2.45) is 0 Å². The van der Waals surface area contributed by atoms with Gasteiger partial charge >= 0.3 is 0 Å². The van der Waals surface area contributed by atoms with Crippen LogP contribution in [0.4, 0.5) is 5.95 Å². The van der Waals surface area contributed by atoms with E-state index in [0.29, 0.717) is 5.95 Å². The van der Waals surface area contributed by atoms with Crippen molar-refractivity contribution in [1.82, 2.24) is 20.5 Å². The van der Waals surface area contributed by atoms with E-state index in [9.17, 15) is 4.79 Å². The number of anilines is 1. The maximum absolute atomic E-state index is 11.7. The van der Waals surface area contributed by atoms with Crippen LogP contribution in [0, 0.1) is 11.3 Å². The molecule has 0 radical (unpaired) electrons. The number of H-pyrrole nitrogens is 1. The van der Waals surface area contributed by atoms with E-state index in [1.807, 2.05) is 26.8 Å². The Hall–Kier alpha value is -2.36. The van der Waals surface area contributed by atoms with Gasteiger partial charge in [-0.25, -0.2) is 5.10 Å². The molecule has 0 fully saturated rings. The SMILES string of the molecule is CC(C)(C)NC(=O)/C(C#N)=C\Nc1ncn[nH]1. The third kappa shape index (κ3) is 4.34. The Morgan fingerprint density at radius 2 is 2.29 bits per heavy atom. The largest absolute Gasteiger partial charge is 0.347 e. The van der Waals surface area contributed by atoms with E-state index in [4.69, 9.17) is 5.26 Å². The Labute approximate surface area is 98.9 Å². The normalized spacial score (nSPS) is 11.8. The number of carbonyl (C=O) groups is 1. The average molecular weight is 234 g/mol. The summed E-state index contributed by atoms with van der Waals surface area (Å²) in [6.45, 7) is 5.51. The van der Waals surface area contributed by atoms with Gasteiger partial charge in [0.25, 0.3) is 5.91 Å². The van der Waals surface area contributed by atoms with Crippen LogP contribution >= 0.6 is 0 Å². The third-order valence-corrected chi connectivity index (χ3v) is 1.62. The standard InChI is InChI=1S/C10H14N6O/c1-10(2,3)15-8(17)7(4-11)5-12-9-13-6-14-16-9/h5-6H,1-3H3,(H,15,17)(H2,12,13,14,16)/b7-5-. The first kappa shape index (κ1) is 12.7. The molecule has 0 saturated heterocycles. The highest BCUT2D eigenvalue weighted by Gasteiger charge is 2.17. The van der Waals surface area contributed by atoms with E-state index in [2.05, 4.69) is 25.8 Å². The zero-order chi connectivity index (χ0) is 12.9. The van der Waals surface area contributed by atoms with Crippen LogP contribution in [0.1, 0.15) is 20.8 Å². The van der Waals surface area contributed by atoms with E-state index in [-0.39, 0.29) is 11.1 Å². The lowest BCUT2D eigenvalue weighted by Crippen LogP contribution is -2.41. The fraction of sp³-hybridized carbons (Fsp3) is 0.400. The van der Waals surface area contributed by atoms with Gasteiger partial charge in [0.1, 0.15) is 18.0 Å². The van der Waals surface area contributed by atoms with Crippen molar-refractivity contribution in [1.29, 1.82) is 5.26 Å². The van der Waals surface area contributed by atoms with Crippen LogP contribution in [0.15, 0.2) is 18.1 Å². The minimum Gasteiger partial charge on any atom is -0.347 e. The molecule has 0 aliphatic carbocycles. The Morgan fingerprint density at radius 3 is 2.76 bits per heavy atom. The van der Waals surface area contributed by atoms with Crippen molar-refractivity contribution >= 4 is 11.9 Å². The van der Waals surface area contributed by atoms with Gasteiger partial charge in [0.15, 0.2) is 0 Å². The van der Waals surface area contributed by atoms with Crippen LogP contribution in [-0.4, -0.2) is 26.6 Å². The van der Waals surface area contributed by atoms with Crippen molar-refractivity contribution in [3.63, 3.8) is 0 Å². The zero-order valence-corrected chi connectivity index (χ0v) is 9.90. The number of nitrogens with zero attached hydrogens (tertiary/aromatic N) is 3. The smallest absolute Gasteiger partial charge is 0.263 e. The van der Waals surface area contributed by atoms with Gasteiger partial charge in [0.2, 0.25) is 5.95 Å². The molecule has 0 saturated carbocycles. The molecule has 1 rings (SSSR count). The molecule has 7 heteroatoms. The molecule has 7 nitrogen and oxygen atoms in total. The lowest BCUT2D eigenvalue weighted by molar-refractivity contribution is -0.118. The molecule has 1 amide bonds. The maximum atomic E-state index is 11.7. The summed E-state index contributed by atoms with van der Waals surface area (Å²) in [4.78, 5) is 15.5. The zero-order valence-electron chi connectivity index (χ0n) is 9.90. The molecule has 3 N–H and O–H groups in total. The van der Waals surface area contributed by atoms with Crippen molar-refractivity contribution < 1.29 is 4.79 Å². The second-order valence-corrected chi connectivity index (χ2v) is 4.35. The van der Waals surface area contributed by atoms with Gasteiger partial charge in [0, 0.05) is 11.7 Å². The van der Waals surface area contributed by atoms with Crippen LogP contribution < -0.4 is 10.6 Å². The molecular formula is C10H14N6O. The summed E-state index contributed by atoms with van der Waals surface area (Å²) in [5, 5.41) is 20.4. The monoisotopic (exact) mass is 234 g/mol. The first-order chi connectivity index (χ1) is 7.92. The molecule has 1 heterocycles. The van der Waals surface area contributed by atoms with Crippen LogP contribution in [-0.2, 0) is 4.79 Å². The summed E-state index contributed by atoms with van der Waals surface area (Å²) < 4.78 is 0. The molecule has 1 aromatic rings. The molecule has 0 bridgehead atoms. The number of rotatable bonds is 3. The fourth-order valence-corrected chi connectivity index (χ4v) is 0.972. The topological polar surface area (TPSA) is 106 Å². The van der Waals surface area contributed by atoms with E-state index in [0.717, 1.165) is 0 Å². The second kappa shape index (κ2) is 5.12. The van der Waals surface area contributed by atoms with Gasteiger partial charge in [0.05, 0.1) is 0 Å². The molecule has 0 atom stereocenters. The lowest BCUT2D eigenvalue weighted by Gasteiger charge is -2.19. The highest BCUT2D eigenvalue weighted by atomic mass is 16.1. The second-order valence-electron chi connectivity index (χ2n) is 4.35. The maximum Gasteiger partial charge on any atom is 0.263 e. The fourth-order valence-electron chi connectivity index (χ4n) is 0.972. The molecule has 90 valence electrons. The highest BCUT2D eigenvalue weighted by molar-refractivity contribution is 5.97. The van der Waals surface area contributed by atoms with Gasteiger partial charge in [-0.15, -0.1) is 0 Å². The molecule has 1 aromatic heterocycles. The van der Waals surface area contributed by atoms with Crippen LogP contribution in [0.25, 0.3) is 0 Å². The Balaban J connectivity index is 2.68. The summed E-state index contributed by atoms with van der Waals surface area (Å²) in [7, 11) is 0. The van der Waals surface area contributed by atoms with Crippen LogP contribution in [0.2, 0.25) is 0 Å². The number of aromatic amines is 1. The molecule has 0 spiro atoms. The highest BCUT2D eigenvalue weighted by Crippen LogP contribution is 2.03. The molecule has 0 aliphatic rings. The average Bonchev–Trinajstić information content (AvgIpc) is 2.68. The lowest BCUT2D eigenvalue weighted by atomic mass is 10.1. The molecule has 17 heavy (non-hydrogen) atoms. The Kier molecular flexibility index (Phi) is 3.82. The first-order valence-corrected chi connectivity index (χ1v) is 4.97. The number of aromatic nitrogens is 3. The summed E-state index contributed by atoms with van der Waals surface area (Å²) in [6.07, 6.45) is 2.60. The summed E-state index contributed by atoms with van der Waals surface area (Å²) in [5.41, 5.74) is -0.421. The van der Waals surface area contributed by atoms with Crippen molar-refractivity contribution in [3.05, 3.63) is 18.1 Å². The van der Waals surface area contributed by atoms with E-state index < -0.39 is 5.91 Å². The minimum atomic E-state index is -0.438. The van der Waals surface area contributed by atoms with Crippen molar-refractivity contribution in [3.8, 4) is 6.07 Å². The van der Waals surface area contributed by atoms with Crippen molar-refractivity contribution in [2.75, 3.05) is 5.32 Å². The van der Waals surface area contributed by atoms with E-state index >= 15 is 0 Å². The molecule has 0 aromatic carbocycles. The van der Waals surface area contributed by atoms with Crippen molar-refractivity contribution in [2.45, 2.75) is 26.3 Å². The number of hydrogen-bond acceptors (Lipinski definition) is 5. The number of carbonyl (C=O) groups excluding carboxylic acids is 1. The molecule has 0 unspecified atom stereocenters. The number of amides is 1. The molecular weight excluding hydrogens is 220 g/mol. The molecule has 0 aliphatic heterocycles. The van der Waals surface area contributed by atoms with Gasteiger partial charge in [-0.1, -0.05) is 0 Å². The van der Waals surface area contributed by atoms with Gasteiger partial charge in [-0.05, 0) is 20.8 Å². The van der Waals surface area contributed by atoms with Crippen LogP contribution in [0.3, 0.4) is 0 Å².